The van der Waals surface area contributed by atoms with E-state index in [-0.39, 0.29) is 41.0 Å². The molecule has 4 rings (SSSR count). The molecule has 0 spiro atoms. The van der Waals surface area contributed by atoms with Crippen molar-refractivity contribution in [1.82, 2.24) is 14.2 Å². The van der Waals surface area contributed by atoms with E-state index in [9.17, 15) is 18.0 Å². The van der Waals surface area contributed by atoms with Crippen LogP contribution in [0.5, 0.6) is 0 Å². The Labute approximate surface area is 159 Å². The Morgan fingerprint density at radius 1 is 1.26 bits per heavy atom. The number of nitrogens with zero attached hydrogens (tertiary/aromatic N) is 2. The lowest BCUT2D eigenvalue weighted by Gasteiger charge is -2.46. The quantitative estimate of drug-likeness (QED) is 0.811. The predicted octanol–water partition coefficient (Wildman–Crippen LogP) is 1.07. The minimum Gasteiger partial charge on any atom is -0.354 e. The van der Waals surface area contributed by atoms with Gasteiger partial charge in [-0.2, -0.15) is 0 Å². The van der Waals surface area contributed by atoms with E-state index in [0.29, 0.717) is 19.6 Å². The number of carbonyl (C=O) groups excluding carboxylic acids is 1. The first-order valence-corrected chi connectivity index (χ1v) is 11.5. The van der Waals surface area contributed by atoms with Gasteiger partial charge in [0.1, 0.15) is 0 Å². The minimum atomic E-state index is -3.28. The minimum absolute atomic E-state index is 0.0255. The molecule has 1 saturated carbocycles. The zero-order valence-corrected chi connectivity index (χ0v) is 16.5. The summed E-state index contributed by atoms with van der Waals surface area (Å²) in [4.78, 5) is 24.9. The first-order chi connectivity index (χ1) is 12.9. The maximum atomic E-state index is 12.6. The van der Waals surface area contributed by atoms with Crippen molar-refractivity contribution in [2.75, 3.05) is 25.4 Å². The molecule has 2 fully saturated rings. The summed E-state index contributed by atoms with van der Waals surface area (Å²) in [6.07, 6.45) is 3.81. The number of hydrogen-bond acceptors (Lipinski definition) is 4. The fourth-order valence-corrected chi connectivity index (χ4v) is 5.88. The number of rotatable bonds is 5. The molecular formula is C19H27N3O4S. The van der Waals surface area contributed by atoms with Gasteiger partial charge in [-0.1, -0.05) is 12.5 Å². The second kappa shape index (κ2) is 7.05. The van der Waals surface area contributed by atoms with Gasteiger partial charge in [0.15, 0.2) is 0 Å². The van der Waals surface area contributed by atoms with Crippen LogP contribution in [0.25, 0.3) is 0 Å². The zero-order valence-electron chi connectivity index (χ0n) is 15.6. The predicted molar refractivity (Wildman–Crippen MR) is 102 cm³/mol. The molecule has 8 heteroatoms. The Hall–Kier alpha value is -1.67. The fourth-order valence-electron chi connectivity index (χ4n) is 4.69. The molecule has 1 aliphatic carbocycles. The molecular weight excluding hydrogens is 366 g/mol. The van der Waals surface area contributed by atoms with Crippen molar-refractivity contribution in [2.45, 2.75) is 44.6 Å². The normalized spacial score (nSPS) is 28.3. The molecule has 27 heavy (non-hydrogen) atoms. The average Bonchev–Trinajstić information content (AvgIpc) is 2.60. The van der Waals surface area contributed by atoms with E-state index < -0.39 is 10.0 Å². The van der Waals surface area contributed by atoms with Gasteiger partial charge in [0, 0.05) is 43.2 Å². The first kappa shape index (κ1) is 18.7. The summed E-state index contributed by atoms with van der Waals surface area (Å²) in [5, 5.41) is 3.03. The van der Waals surface area contributed by atoms with E-state index in [1.165, 1.54) is 0 Å². The van der Waals surface area contributed by atoms with Crippen molar-refractivity contribution in [3.8, 4) is 0 Å². The van der Waals surface area contributed by atoms with Crippen LogP contribution in [0.3, 0.4) is 0 Å². The van der Waals surface area contributed by atoms with E-state index in [1.807, 2.05) is 6.07 Å². The molecule has 3 heterocycles. The fraction of sp³-hybridized carbons (Fsp3) is 0.684. The molecule has 2 bridgehead atoms. The summed E-state index contributed by atoms with van der Waals surface area (Å²) in [5.41, 5.74) is 0.814. The summed E-state index contributed by atoms with van der Waals surface area (Å²) >= 11 is 0. The molecule has 0 unspecified atom stereocenters. The van der Waals surface area contributed by atoms with Crippen LogP contribution in [0.2, 0.25) is 0 Å². The molecule has 1 saturated heterocycles. The third kappa shape index (κ3) is 3.33. The average molecular weight is 394 g/mol. The summed E-state index contributed by atoms with van der Waals surface area (Å²) in [6.45, 7) is 2.88. The van der Waals surface area contributed by atoms with Gasteiger partial charge >= 0.3 is 0 Å². The number of amides is 1. The molecule has 1 aromatic rings. The Balaban J connectivity index is 1.63. The highest BCUT2D eigenvalue weighted by Crippen LogP contribution is 2.41. The van der Waals surface area contributed by atoms with E-state index in [1.54, 1.807) is 27.9 Å². The molecule has 1 aromatic heterocycles. The van der Waals surface area contributed by atoms with Crippen LogP contribution >= 0.6 is 0 Å². The number of hydrogen-bond donors (Lipinski definition) is 1. The number of pyridine rings is 1. The van der Waals surface area contributed by atoms with Crippen LogP contribution in [0.4, 0.5) is 0 Å². The van der Waals surface area contributed by atoms with Crippen LogP contribution in [0.15, 0.2) is 23.0 Å². The van der Waals surface area contributed by atoms with Crippen LogP contribution in [-0.2, 0) is 14.8 Å². The van der Waals surface area contributed by atoms with Crippen molar-refractivity contribution in [3.63, 3.8) is 0 Å². The van der Waals surface area contributed by atoms with Gasteiger partial charge in [0.05, 0.1) is 11.8 Å². The van der Waals surface area contributed by atoms with Crippen molar-refractivity contribution >= 4 is 15.9 Å². The van der Waals surface area contributed by atoms with Crippen LogP contribution in [0.1, 0.15) is 50.3 Å². The van der Waals surface area contributed by atoms with Gasteiger partial charge in [-0.25, -0.2) is 12.7 Å². The zero-order chi connectivity index (χ0) is 19.2. The largest absolute Gasteiger partial charge is 0.354 e. The van der Waals surface area contributed by atoms with Gasteiger partial charge in [0.25, 0.3) is 5.56 Å². The Kier molecular flexibility index (Phi) is 4.88. The molecule has 0 aromatic carbocycles. The maximum Gasteiger partial charge on any atom is 0.251 e. The topological polar surface area (TPSA) is 88.5 Å². The third-order valence-corrected chi connectivity index (χ3v) is 8.30. The number of piperidine rings is 1. The van der Waals surface area contributed by atoms with Gasteiger partial charge in [-0.3, -0.25) is 9.59 Å². The van der Waals surface area contributed by atoms with Crippen molar-refractivity contribution in [3.05, 3.63) is 34.2 Å². The maximum absolute atomic E-state index is 12.6. The summed E-state index contributed by atoms with van der Waals surface area (Å²) in [6, 6.07) is 5.01. The van der Waals surface area contributed by atoms with E-state index in [2.05, 4.69) is 5.32 Å². The smallest absolute Gasteiger partial charge is 0.251 e. The highest BCUT2D eigenvalue weighted by Gasteiger charge is 2.43. The van der Waals surface area contributed by atoms with Gasteiger partial charge < -0.3 is 9.88 Å². The number of carbonyl (C=O) groups is 1. The molecule has 1 N–H and O–H groups in total. The number of aromatic nitrogens is 1. The second-order valence-corrected chi connectivity index (χ2v) is 10.3. The Bertz CT molecular complexity index is 890. The van der Waals surface area contributed by atoms with Crippen molar-refractivity contribution in [2.24, 2.45) is 11.8 Å². The highest BCUT2D eigenvalue weighted by atomic mass is 32.2. The lowest BCUT2D eigenvalue weighted by molar-refractivity contribution is -0.127. The Morgan fingerprint density at radius 3 is 2.70 bits per heavy atom. The monoisotopic (exact) mass is 393 g/mol. The first-order valence-electron chi connectivity index (χ1n) is 9.87. The molecule has 148 valence electrons. The highest BCUT2D eigenvalue weighted by molar-refractivity contribution is 7.89. The van der Waals surface area contributed by atoms with Crippen LogP contribution < -0.4 is 10.9 Å². The number of nitrogens with one attached hydrogen (secondary N) is 1. The summed E-state index contributed by atoms with van der Waals surface area (Å²) in [7, 11) is -3.28. The number of fused-ring (bicyclic) bond motifs is 4. The van der Waals surface area contributed by atoms with Crippen LogP contribution in [-0.4, -0.2) is 48.6 Å². The summed E-state index contributed by atoms with van der Waals surface area (Å²) < 4.78 is 28.3. The molecule has 2 aliphatic heterocycles. The van der Waals surface area contributed by atoms with Gasteiger partial charge in [-0.15, -0.1) is 0 Å². The summed E-state index contributed by atoms with van der Waals surface area (Å²) in [5.74, 6) is 0.285. The molecule has 3 aliphatic rings. The third-order valence-electron chi connectivity index (χ3n) is 6.48. The van der Waals surface area contributed by atoms with Gasteiger partial charge in [-0.05, 0) is 38.2 Å². The molecule has 1 amide bonds. The lowest BCUT2D eigenvalue weighted by Crippen LogP contribution is -2.53. The SMILES string of the molecule is CCS(=O)(=O)N1C[C@H]2C[C@@H](C1)[C@H](CNC(=O)C1CCC1)n1c2cccc1=O. The van der Waals surface area contributed by atoms with E-state index >= 15 is 0 Å². The van der Waals surface area contributed by atoms with E-state index in [0.717, 1.165) is 31.4 Å². The number of sulfonamides is 1. The standard InChI is InChI=1S/C19H27N3O4S/c1-2-27(25,26)21-11-14-9-15(12-21)17(10-20-19(24)13-5-3-6-13)22-16(14)7-4-8-18(22)23/h4,7-8,13-15,17H,2-3,5-6,9-12H2,1H3,(H,20,24)/t14-,15+,17+/m1/s1. The Morgan fingerprint density at radius 2 is 2.04 bits per heavy atom. The molecule has 7 nitrogen and oxygen atoms in total. The van der Waals surface area contributed by atoms with Crippen LogP contribution in [0, 0.1) is 11.8 Å². The van der Waals surface area contributed by atoms with Gasteiger partial charge in [0.2, 0.25) is 15.9 Å². The molecule has 0 radical (unpaired) electrons. The lowest BCUT2D eigenvalue weighted by atomic mass is 9.79. The van der Waals surface area contributed by atoms with Crippen molar-refractivity contribution < 1.29 is 13.2 Å². The second-order valence-electron chi connectivity index (χ2n) is 8.01. The molecule has 3 atom stereocenters. The van der Waals surface area contributed by atoms with E-state index in [4.69, 9.17) is 0 Å². The van der Waals surface area contributed by atoms with Crippen molar-refractivity contribution in [1.29, 1.82) is 0 Å².